The number of piperidine rings is 1. The molecule has 2 fully saturated rings. The Morgan fingerprint density at radius 2 is 1.81 bits per heavy atom. The van der Waals surface area contributed by atoms with Crippen molar-refractivity contribution in [3.63, 3.8) is 0 Å². The molecule has 0 amide bonds. The van der Waals surface area contributed by atoms with Crippen LogP contribution in [0.5, 0.6) is 0 Å². The van der Waals surface area contributed by atoms with E-state index in [1.54, 1.807) is 12.4 Å². The molecule has 0 spiro atoms. The number of likely N-dealkylation sites (tertiary alicyclic amines) is 1. The van der Waals surface area contributed by atoms with Crippen LogP contribution in [0.4, 0.5) is 11.6 Å². The van der Waals surface area contributed by atoms with E-state index in [0.29, 0.717) is 12.0 Å². The van der Waals surface area contributed by atoms with Crippen LogP contribution in [0.2, 0.25) is 0 Å². The zero-order valence-corrected chi connectivity index (χ0v) is 15.3. The van der Waals surface area contributed by atoms with Crippen LogP contribution in [0, 0.1) is 5.92 Å². The van der Waals surface area contributed by atoms with Crippen molar-refractivity contribution in [1.29, 1.82) is 0 Å². The van der Waals surface area contributed by atoms with Gasteiger partial charge >= 0.3 is 0 Å². The Morgan fingerprint density at radius 1 is 1.00 bits per heavy atom. The second-order valence-electron chi connectivity index (χ2n) is 7.57. The summed E-state index contributed by atoms with van der Waals surface area (Å²) in [4.78, 5) is 19.9. The SMILES string of the molecule is c1ncc(Nc2nccc([C@H]3CCCCN3CC3CCCCC3)n2)cn1. The molecule has 1 atom stereocenters. The molecular weight excluding hydrogens is 324 g/mol. The highest BCUT2D eigenvalue weighted by Crippen LogP contribution is 2.33. The van der Waals surface area contributed by atoms with E-state index in [-0.39, 0.29) is 0 Å². The van der Waals surface area contributed by atoms with Gasteiger partial charge in [-0.2, -0.15) is 0 Å². The van der Waals surface area contributed by atoms with E-state index in [2.05, 4.69) is 31.2 Å². The van der Waals surface area contributed by atoms with E-state index in [0.717, 1.165) is 17.3 Å². The van der Waals surface area contributed by atoms with Gasteiger partial charge in [0.05, 0.1) is 29.8 Å². The fourth-order valence-corrected chi connectivity index (χ4v) is 4.36. The average Bonchev–Trinajstić information content (AvgIpc) is 2.70. The molecule has 2 aliphatic rings. The predicted octanol–water partition coefficient (Wildman–Crippen LogP) is 4.12. The minimum atomic E-state index is 0.418. The Balaban J connectivity index is 1.47. The van der Waals surface area contributed by atoms with Gasteiger partial charge in [-0.1, -0.05) is 25.7 Å². The highest BCUT2D eigenvalue weighted by Gasteiger charge is 2.28. The monoisotopic (exact) mass is 352 g/mol. The summed E-state index contributed by atoms with van der Waals surface area (Å²) in [6.07, 6.45) is 17.7. The lowest BCUT2D eigenvalue weighted by Crippen LogP contribution is -2.38. The lowest BCUT2D eigenvalue weighted by Gasteiger charge is -2.38. The van der Waals surface area contributed by atoms with Crippen molar-refractivity contribution < 1.29 is 0 Å². The molecule has 6 heteroatoms. The lowest BCUT2D eigenvalue weighted by molar-refractivity contribution is 0.110. The molecule has 1 saturated carbocycles. The number of hydrogen-bond acceptors (Lipinski definition) is 6. The zero-order valence-electron chi connectivity index (χ0n) is 15.3. The quantitative estimate of drug-likeness (QED) is 0.873. The Kier molecular flexibility index (Phi) is 5.69. The van der Waals surface area contributed by atoms with Crippen LogP contribution < -0.4 is 5.32 Å². The van der Waals surface area contributed by atoms with Crippen molar-refractivity contribution in [2.75, 3.05) is 18.4 Å². The van der Waals surface area contributed by atoms with Crippen LogP contribution in [0.1, 0.15) is 63.1 Å². The van der Waals surface area contributed by atoms with E-state index in [1.165, 1.54) is 70.8 Å². The molecule has 0 aromatic carbocycles. The fourth-order valence-electron chi connectivity index (χ4n) is 4.36. The molecule has 138 valence electrons. The number of anilines is 2. The zero-order chi connectivity index (χ0) is 17.6. The van der Waals surface area contributed by atoms with Gasteiger partial charge in [0.2, 0.25) is 5.95 Å². The standard InChI is InChI=1S/C20H28N6/c1-2-6-16(7-3-1)14-26-11-5-4-8-19(26)18-9-10-23-20(25-18)24-17-12-21-15-22-13-17/h9-10,12-13,15-16,19H,1-8,11,14H2,(H,23,24,25)/t19-/m1/s1. The second kappa shape index (κ2) is 8.54. The number of rotatable bonds is 5. The molecule has 2 aromatic rings. The first kappa shape index (κ1) is 17.3. The maximum Gasteiger partial charge on any atom is 0.227 e. The Hall–Kier alpha value is -2.08. The van der Waals surface area contributed by atoms with Crippen LogP contribution in [0.3, 0.4) is 0 Å². The summed E-state index contributed by atoms with van der Waals surface area (Å²) < 4.78 is 0. The first-order valence-electron chi connectivity index (χ1n) is 9.97. The summed E-state index contributed by atoms with van der Waals surface area (Å²) in [7, 11) is 0. The smallest absolute Gasteiger partial charge is 0.227 e. The van der Waals surface area contributed by atoms with Gasteiger partial charge in [-0.05, 0) is 44.2 Å². The average molecular weight is 352 g/mol. The molecule has 1 aliphatic carbocycles. The van der Waals surface area contributed by atoms with Crippen LogP contribution in [0.25, 0.3) is 0 Å². The molecule has 3 heterocycles. The molecule has 0 bridgehead atoms. The molecule has 2 aromatic heterocycles. The molecule has 1 saturated heterocycles. The molecule has 26 heavy (non-hydrogen) atoms. The third kappa shape index (κ3) is 4.36. The first-order valence-corrected chi connectivity index (χ1v) is 9.97. The maximum absolute atomic E-state index is 4.82. The fraction of sp³-hybridized carbons (Fsp3) is 0.600. The van der Waals surface area contributed by atoms with E-state index in [1.807, 2.05) is 6.20 Å². The van der Waals surface area contributed by atoms with E-state index >= 15 is 0 Å². The van der Waals surface area contributed by atoms with Gasteiger partial charge in [0, 0.05) is 12.7 Å². The summed E-state index contributed by atoms with van der Waals surface area (Å²) >= 11 is 0. The lowest BCUT2D eigenvalue weighted by atomic mass is 9.87. The third-order valence-electron chi connectivity index (χ3n) is 5.67. The maximum atomic E-state index is 4.82. The van der Waals surface area contributed by atoms with Crippen molar-refractivity contribution in [1.82, 2.24) is 24.8 Å². The highest BCUT2D eigenvalue weighted by atomic mass is 15.2. The Morgan fingerprint density at radius 3 is 2.65 bits per heavy atom. The molecule has 6 nitrogen and oxygen atoms in total. The van der Waals surface area contributed by atoms with E-state index < -0.39 is 0 Å². The largest absolute Gasteiger partial charge is 0.322 e. The van der Waals surface area contributed by atoms with E-state index in [9.17, 15) is 0 Å². The summed E-state index contributed by atoms with van der Waals surface area (Å²) in [5, 5.41) is 3.21. The molecular formula is C20H28N6. The normalized spacial score (nSPS) is 22.2. The van der Waals surface area contributed by atoms with Gasteiger partial charge in [-0.3, -0.25) is 4.90 Å². The van der Waals surface area contributed by atoms with Gasteiger partial charge in [-0.15, -0.1) is 0 Å². The van der Waals surface area contributed by atoms with Crippen LogP contribution in [0.15, 0.2) is 31.0 Å². The third-order valence-corrected chi connectivity index (χ3v) is 5.67. The molecule has 1 aliphatic heterocycles. The molecule has 1 N–H and O–H groups in total. The minimum Gasteiger partial charge on any atom is -0.322 e. The van der Waals surface area contributed by atoms with Gasteiger partial charge in [0.1, 0.15) is 6.33 Å². The van der Waals surface area contributed by atoms with Gasteiger partial charge in [0.15, 0.2) is 0 Å². The number of nitrogens with one attached hydrogen (secondary N) is 1. The number of nitrogens with zero attached hydrogens (tertiary/aromatic N) is 5. The van der Waals surface area contributed by atoms with Gasteiger partial charge in [0.25, 0.3) is 0 Å². The van der Waals surface area contributed by atoms with Crippen molar-refractivity contribution in [3.8, 4) is 0 Å². The summed E-state index contributed by atoms with van der Waals surface area (Å²) in [6, 6.07) is 2.50. The Bertz CT molecular complexity index is 686. The summed E-state index contributed by atoms with van der Waals surface area (Å²) in [5.74, 6) is 1.49. The van der Waals surface area contributed by atoms with Crippen LogP contribution in [-0.4, -0.2) is 37.9 Å². The van der Waals surface area contributed by atoms with Crippen LogP contribution >= 0.6 is 0 Å². The van der Waals surface area contributed by atoms with Crippen molar-refractivity contribution in [3.05, 3.63) is 36.7 Å². The highest BCUT2D eigenvalue weighted by molar-refractivity contribution is 5.49. The van der Waals surface area contributed by atoms with Crippen LogP contribution in [-0.2, 0) is 0 Å². The van der Waals surface area contributed by atoms with Crippen molar-refractivity contribution in [2.24, 2.45) is 5.92 Å². The summed E-state index contributed by atoms with van der Waals surface area (Å²) in [6.45, 7) is 2.42. The molecule has 4 rings (SSSR count). The second-order valence-corrected chi connectivity index (χ2v) is 7.57. The van der Waals surface area contributed by atoms with Gasteiger partial charge < -0.3 is 5.32 Å². The number of aromatic nitrogens is 4. The van der Waals surface area contributed by atoms with Crippen molar-refractivity contribution in [2.45, 2.75) is 57.4 Å². The number of hydrogen-bond donors (Lipinski definition) is 1. The van der Waals surface area contributed by atoms with Crippen molar-refractivity contribution >= 4 is 11.6 Å². The minimum absolute atomic E-state index is 0.418. The molecule has 0 radical (unpaired) electrons. The molecule has 0 unspecified atom stereocenters. The predicted molar refractivity (Wildman–Crippen MR) is 102 cm³/mol. The first-order chi connectivity index (χ1) is 12.9. The topological polar surface area (TPSA) is 66.8 Å². The van der Waals surface area contributed by atoms with E-state index in [4.69, 9.17) is 4.98 Å². The Labute approximate surface area is 155 Å². The van der Waals surface area contributed by atoms with Gasteiger partial charge in [-0.25, -0.2) is 19.9 Å². The summed E-state index contributed by atoms with van der Waals surface area (Å²) in [5.41, 5.74) is 1.95.